The fraction of sp³-hybridized carbons (Fsp3) is 0.0952. The molecule has 1 heterocycles. The molecule has 0 radical (unpaired) electrons. The number of phenols is 1. The number of ether oxygens (including phenoxy) is 2. The van der Waals surface area contributed by atoms with Crippen molar-refractivity contribution < 1.29 is 53.5 Å². The molecule has 0 spiro atoms. The van der Waals surface area contributed by atoms with Gasteiger partial charge in [-0.05, 0) is 47.3 Å². The third-order valence-electron chi connectivity index (χ3n) is 5.42. The molecule has 0 amide bonds. The smallest absolute Gasteiger partial charge is 0.322 e. The summed E-state index contributed by atoms with van der Waals surface area (Å²) in [6.07, 6.45) is 0. The Kier molecular flexibility index (Phi) is 8.43. The van der Waals surface area contributed by atoms with E-state index in [0.29, 0.717) is 6.07 Å². The zero-order chi connectivity index (χ0) is 31.9. The number of rotatable bonds is 9. The number of nitrogens with one attached hydrogen (secondary N) is 1. The highest BCUT2D eigenvalue weighted by atomic mass is 35.5. The van der Waals surface area contributed by atoms with Gasteiger partial charge in [0.1, 0.15) is 26.9 Å². The van der Waals surface area contributed by atoms with Gasteiger partial charge < -0.3 is 19.9 Å². The zero-order valence-electron chi connectivity index (χ0n) is 21.4. The van der Waals surface area contributed by atoms with Crippen LogP contribution >= 0.6 is 11.6 Å². The van der Waals surface area contributed by atoms with E-state index in [4.69, 9.17) is 21.1 Å². The minimum atomic E-state index is -5.24. The Balaban J connectivity index is 2.05. The first-order chi connectivity index (χ1) is 19.9. The Morgan fingerprint density at radius 3 is 2.07 bits per heavy atom. The number of benzene rings is 3. The van der Waals surface area contributed by atoms with Crippen LogP contribution in [0.1, 0.15) is 0 Å². The minimum absolute atomic E-state index is 0.000766. The van der Waals surface area contributed by atoms with Crippen molar-refractivity contribution in [3.63, 3.8) is 0 Å². The van der Waals surface area contributed by atoms with Crippen LogP contribution in [-0.2, 0) is 30.4 Å². The van der Waals surface area contributed by atoms with Crippen molar-refractivity contribution >= 4 is 75.7 Å². The Hall–Kier alpha value is -4.25. The predicted octanol–water partition coefficient (Wildman–Crippen LogP) is 3.30. The number of aromatic nitrogens is 3. The SMILES string of the molecule is COc1ccc(N=Nc2c(S(=O)(=O)O)cc3cc(S(=O)(=O)O)cc(Nc4nc(Cl)nc(OC)n4)c3c2O)c(S(=O)(=O)O)c1. The van der Waals surface area contributed by atoms with Crippen LogP contribution in [0, 0.1) is 0 Å². The number of phenolic OH excluding ortho intramolecular Hbond substituents is 1. The molecule has 0 saturated carbocycles. The number of hydrogen-bond donors (Lipinski definition) is 5. The minimum Gasteiger partial charge on any atom is -0.505 e. The maximum Gasteiger partial charge on any atom is 0.322 e. The van der Waals surface area contributed by atoms with Gasteiger partial charge in [-0.2, -0.15) is 40.2 Å². The number of anilines is 2. The van der Waals surface area contributed by atoms with Crippen LogP contribution in [-0.4, -0.2) is 73.2 Å². The van der Waals surface area contributed by atoms with E-state index in [2.05, 4.69) is 30.5 Å². The van der Waals surface area contributed by atoms with E-state index in [9.17, 15) is 44.0 Å². The number of hydrogen-bond acceptors (Lipinski definition) is 15. The van der Waals surface area contributed by atoms with Gasteiger partial charge in [0, 0.05) is 11.5 Å². The molecule has 0 bridgehead atoms. The number of fused-ring (bicyclic) bond motifs is 1. The van der Waals surface area contributed by atoms with Crippen LogP contribution in [0.5, 0.6) is 17.5 Å². The molecule has 22 heteroatoms. The summed E-state index contributed by atoms with van der Waals surface area (Å²) in [6.45, 7) is 0. The summed E-state index contributed by atoms with van der Waals surface area (Å²) < 4.78 is 111. The van der Waals surface area contributed by atoms with Crippen molar-refractivity contribution in [1.82, 2.24) is 15.0 Å². The van der Waals surface area contributed by atoms with E-state index in [1.807, 2.05) is 0 Å². The van der Waals surface area contributed by atoms with Crippen molar-refractivity contribution in [1.29, 1.82) is 0 Å². The topological polar surface area (TPSA) is 277 Å². The normalized spacial score (nSPS) is 12.5. The second-order valence-corrected chi connectivity index (χ2v) is 12.7. The fourth-order valence-electron chi connectivity index (χ4n) is 3.61. The van der Waals surface area contributed by atoms with Gasteiger partial charge in [-0.3, -0.25) is 13.7 Å². The highest BCUT2D eigenvalue weighted by Crippen LogP contribution is 2.46. The molecular weight excluding hydrogens is 660 g/mol. The van der Waals surface area contributed by atoms with E-state index < -0.39 is 62.2 Å². The predicted molar refractivity (Wildman–Crippen MR) is 147 cm³/mol. The third kappa shape index (κ3) is 6.88. The molecule has 4 aromatic rings. The van der Waals surface area contributed by atoms with E-state index >= 15 is 0 Å². The van der Waals surface area contributed by atoms with Crippen molar-refractivity contribution in [2.75, 3.05) is 19.5 Å². The van der Waals surface area contributed by atoms with Gasteiger partial charge in [-0.15, -0.1) is 10.2 Å². The lowest BCUT2D eigenvalue weighted by atomic mass is 10.1. The van der Waals surface area contributed by atoms with Crippen molar-refractivity contribution in [3.05, 3.63) is 41.7 Å². The molecule has 0 aliphatic carbocycles. The monoisotopic (exact) mass is 676 g/mol. The summed E-state index contributed by atoms with van der Waals surface area (Å²) in [4.78, 5) is 8.65. The Morgan fingerprint density at radius 1 is 0.814 bits per heavy atom. The lowest BCUT2D eigenvalue weighted by Crippen LogP contribution is -2.05. The van der Waals surface area contributed by atoms with E-state index in [0.717, 1.165) is 24.3 Å². The highest BCUT2D eigenvalue weighted by Gasteiger charge is 2.26. The summed E-state index contributed by atoms with van der Waals surface area (Å²) in [5.74, 6) is -1.39. The van der Waals surface area contributed by atoms with Crippen LogP contribution in [0.15, 0.2) is 61.3 Å². The molecule has 0 atom stereocenters. The van der Waals surface area contributed by atoms with Gasteiger partial charge in [0.25, 0.3) is 30.4 Å². The van der Waals surface area contributed by atoms with Crippen molar-refractivity contribution in [3.8, 4) is 17.5 Å². The van der Waals surface area contributed by atoms with E-state index in [1.54, 1.807) is 0 Å². The van der Waals surface area contributed by atoms with Crippen LogP contribution in [0.2, 0.25) is 5.28 Å². The Morgan fingerprint density at radius 2 is 1.49 bits per heavy atom. The van der Waals surface area contributed by atoms with Gasteiger partial charge in [0.15, 0.2) is 5.75 Å². The second kappa shape index (κ2) is 11.4. The molecular formula is C21H17ClN6O12S3. The molecule has 0 aliphatic heterocycles. The van der Waals surface area contributed by atoms with Gasteiger partial charge in [0.2, 0.25) is 11.2 Å². The average Bonchev–Trinajstić information content (AvgIpc) is 2.90. The summed E-state index contributed by atoms with van der Waals surface area (Å²) in [5, 5.41) is 19.9. The zero-order valence-corrected chi connectivity index (χ0v) is 24.6. The van der Waals surface area contributed by atoms with Gasteiger partial charge in [0.05, 0.1) is 24.8 Å². The van der Waals surface area contributed by atoms with E-state index in [-0.39, 0.29) is 39.5 Å². The largest absolute Gasteiger partial charge is 0.505 e. The van der Waals surface area contributed by atoms with Gasteiger partial charge >= 0.3 is 6.01 Å². The van der Waals surface area contributed by atoms with Crippen molar-refractivity contribution in [2.24, 2.45) is 10.2 Å². The summed E-state index contributed by atoms with van der Waals surface area (Å²) >= 11 is 5.85. The standard InChI is InChI=1S/C21H17ClN6O12S3/c1-39-10-3-4-12(14(7-10)42(33,34)35)27-28-17-15(43(36,37)38)6-9-5-11(41(30,31)32)8-13(16(9)18(17)29)23-20-24-19(22)25-21(26-20)40-2/h3-8,29H,1-2H3,(H,30,31,32)(H,33,34,35)(H,36,37,38)(H,23,24,25,26). The molecule has 0 saturated heterocycles. The Labute approximate surface area is 247 Å². The second-order valence-electron chi connectivity index (χ2n) is 8.14. The van der Waals surface area contributed by atoms with E-state index in [1.165, 1.54) is 20.3 Å². The first-order valence-corrected chi connectivity index (χ1v) is 15.7. The van der Waals surface area contributed by atoms with Crippen LogP contribution in [0.3, 0.4) is 0 Å². The molecule has 1 aromatic heterocycles. The first kappa shape index (κ1) is 31.7. The number of halogens is 1. The lowest BCUT2D eigenvalue weighted by Gasteiger charge is -2.15. The molecule has 0 aliphatic rings. The maximum absolute atomic E-state index is 12.3. The summed E-state index contributed by atoms with van der Waals surface area (Å²) in [6, 6.07) is 5.17. The molecule has 18 nitrogen and oxygen atoms in total. The molecule has 43 heavy (non-hydrogen) atoms. The number of aromatic hydroxyl groups is 1. The number of nitrogens with zero attached hydrogens (tertiary/aromatic N) is 5. The fourth-order valence-corrected chi connectivity index (χ4v) is 5.61. The molecule has 0 unspecified atom stereocenters. The molecule has 4 rings (SSSR count). The summed E-state index contributed by atoms with van der Waals surface area (Å²) in [7, 11) is -12.7. The lowest BCUT2D eigenvalue weighted by molar-refractivity contribution is 0.379. The Bertz CT molecular complexity index is 2140. The van der Waals surface area contributed by atoms with Crippen molar-refractivity contribution in [2.45, 2.75) is 14.7 Å². The average molecular weight is 677 g/mol. The van der Waals surface area contributed by atoms with Crippen LogP contribution < -0.4 is 14.8 Å². The van der Waals surface area contributed by atoms with Crippen LogP contribution in [0.4, 0.5) is 23.0 Å². The quantitative estimate of drug-likeness (QED) is 0.125. The van der Waals surface area contributed by atoms with Gasteiger partial charge in [-0.25, -0.2) is 0 Å². The maximum atomic E-state index is 12.3. The van der Waals surface area contributed by atoms with Gasteiger partial charge in [-0.1, -0.05) is 0 Å². The van der Waals surface area contributed by atoms with Crippen LogP contribution in [0.25, 0.3) is 10.8 Å². The summed E-state index contributed by atoms with van der Waals surface area (Å²) in [5.41, 5.74) is -1.84. The number of methoxy groups -OCH3 is 2. The molecule has 3 aromatic carbocycles. The molecule has 5 N–H and O–H groups in total. The number of azo groups is 1. The molecule has 228 valence electrons. The first-order valence-electron chi connectivity index (χ1n) is 11.0. The molecule has 0 fully saturated rings. The highest BCUT2D eigenvalue weighted by molar-refractivity contribution is 7.86. The third-order valence-corrected chi connectivity index (χ3v) is 8.17.